The standard InChI is InChI=1S/C29H37FN8/c1-17(2)27(32-5)22-12-19(6-8-24(22)31)28-23(30)13-33-29(36-28)35-26-9-7-20-14-37(11-10-25(20)34-26)21-15-38(16-21)18(3)4/h6-9,12-13,17-18,21,31-32H,10-11,14-16H2,1-5H3,(H,33,34,35,36)/b27-22-,31-24?. The van der Waals surface area contributed by atoms with Crippen LogP contribution >= 0.6 is 0 Å². The highest BCUT2D eigenvalue weighted by Crippen LogP contribution is 2.29. The molecule has 0 atom stereocenters. The minimum atomic E-state index is -0.514. The van der Waals surface area contributed by atoms with E-state index in [1.54, 1.807) is 12.2 Å². The Morgan fingerprint density at radius 3 is 2.63 bits per heavy atom. The number of fused-ring (bicyclic) bond motifs is 1. The number of hydrogen-bond donors (Lipinski definition) is 3. The predicted octanol–water partition coefficient (Wildman–Crippen LogP) is 4.31. The van der Waals surface area contributed by atoms with E-state index < -0.39 is 5.82 Å². The van der Waals surface area contributed by atoms with E-state index in [1.165, 1.54) is 11.8 Å². The summed E-state index contributed by atoms with van der Waals surface area (Å²) < 4.78 is 14.9. The molecule has 2 aromatic heterocycles. The van der Waals surface area contributed by atoms with Gasteiger partial charge in [0.15, 0.2) is 5.82 Å². The van der Waals surface area contributed by atoms with Crippen LogP contribution in [-0.4, -0.2) is 69.2 Å². The summed E-state index contributed by atoms with van der Waals surface area (Å²) in [5.74, 6) is 0.614. The number of halogens is 1. The van der Waals surface area contributed by atoms with E-state index in [-0.39, 0.29) is 17.6 Å². The van der Waals surface area contributed by atoms with E-state index in [4.69, 9.17) is 10.4 Å². The van der Waals surface area contributed by atoms with Crippen molar-refractivity contribution < 1.29 is 4.39 Å². The van der Waals surface area contributed by atoms with Crippen molar-refractivity contribution in [2.75, 3.05) is 32.0 Å². The third-order valence-corrected chi connectivity index (χ3v) is 7.63. The van der Waals surface area contributed by atoms with E-state index in [9.17, 15) is 4.39 Å². The lowest BCUT2D eigenvalue weighted by molar-refractivity contribution is 0.00685. The highest BCUT2D eigenvalue weighted by Gasteiger charge is 2.34. The first-order valence-electron chi connectivity index (χ1n) is 13.4. The molecule has 0 saturated carbocycles. The van der Waals surface area contributed by atoms with Crippen LogP contribution in [0.3, 0.4) is 0 Å². The van der Waals surface area contributed by atoms with Gasteiger partial charge in [-0.2, -0.15) is 0 Å². The van der Waals surface area contributed by atoms with Crippen LogP contribution in [0, 0.1) is 17.1 Å². The number of nitrogens with zero attached hydrogens (tertiary/aromatic N) is 5. The minimum absolute atomic E-state index is 0.188. The first kappa shape index (κ1) is 26.2. The normalized spacial score (nSPS) is 19.9. The highest BCUT2D eigenvalue weighted by atomic mass is 19.1. The monoisotopic (exact) mass is 516 g/mol. The molecule has 200 valence electrons. The van der Waals surface area contributed by atoms with Gasteiger partial charge in [-0.3, -0.25) is 9.80 Å². The molecule has 1 aliphatic carbocycles. The molecule has 4 heterocycles. The molecule has 3 aliphatic rings. The van der Waals surface area contributed by atoms with Gasteiger partial charge >= 0.3 is 0 Å². The van der Waals surface area contributed by atoms with E-state index in [2.05, 4.69) is 64.2 Å². The van der Waals surface area contributed by atoms with Crippen molar-refractivity contribution in [3.05, 3.63) is 70.6 Å². The van der Waals surface area contributed by atoms with Crippen molar-refractivity contribution in [2.45, 2.75) is 52.7 Å². The van der Waals surface area contributed by atoms with Gasteiger partial charge in [0, 0.05) is 74.3 Å². The second-order valence-corrected chi connectivity index (χ2v) is 10.8. The molecule has 5 rings (SSSR count). The number of pyridine rings is 1. The van der Waals surface area contributed by atoms with Crippen molar-refractivity contribution in [3.8, 4) is 0 Å². The van der Waals surface area contributed by atoms with Gasteiger partial charge in [-0.25, -0.2) is 19.3 Å². The van der Waals surface area contributed by atoms with Crippen LogP contribution < -0.4 is 10.6 Å². The van der Waals surface area contributed by atoms with Gasteiger partial charge in [-0.05, 0) is 43.5 Å². The van der Waals surface area contributed by atoms with Crippen LogP contribution in [0.15, 0.2) is 47.8 Å². The second-order valence-electron chi connectivity index (χ2n) is 10.8. The molecule has 2 aliphatic heterocycles. The van der Waals surface area contributed by atoms with Crippen molar-refractivity contribution in [2.24, 2.45) is 5.92 Å². The summed E-state index contributed by atoms with van der Waals surface area (Å²) in [6.07, 6.45) is 7.30. The third kappa shape index (κ3) is 5.26. The lowest BCUT2D eigenvalue weighted by atomic mass is 9.93. The Morgan fingerprint density at radius 1 is 1.13 bits per heavy atom. The zero-order valence-corrected chi connectivity index (χ0v) is 22.8. The Morgan fingerprint density at radius 2 is 1.92 bits per heavy atom. The second kappa shape index (κ2) is 10.7. The highest BCUT2D eigenvalue weighted by molar-refractivity contribution is 6.13. The van der Waals surface area contributed by atoms with Crippen LogP contribution in [0.1, 0.15) is 44.6 Å². The molecular formula is C29H37FN8. The number of rotatable bonds is 7. The number of likely N-dealkylation sites (tertiary alicyclic amines) is 1. The lowest BCUT2D eigenvalue weighted by Gasteiger charge is -2.48. The Balaban J connectivity index is 1.33. The topological polar surface area (TPSA) is 93.1 Å². The van der Waals surface area contributed by atoms with Gasteiger partial charge in [-0.15, -0.1) is 0 Å². The van der Waals surface area contributed by atoms with E-state index >= 15 is 0 Å². The number of hydrogen-bond acceptors (Lipinski definition) is 8. The molecule has 0 amide bonds. The zero-order chi connectivity index (χ0) is 27.0. The summed E-state index contributed by atoms with van der Waals surface area (Å²) >= 11 is 0. The van der Waals surface area contributed by atoms with Crippen LogP contribution in [0.2, 0.25) is 0 Å². The first-order chi connectivity index (χ1) is 18.2. The zero-order valence-electron chi connectivity index (χ0n) is 22.8. The molecule has 0 unspecified atom stereocenters. The Bertz CT molecular complexity index is 1320. The van der Waals surface area contributed by atoms with Crippen LogP contribution in [-0.2, 0) is 13.0 Å². The summed E-state index contributed by atoms with van der Waals surface area (Å²) in [6.45, 7) is 12.8. The molecule has 3 N–H and O–H groups in total. The van der Waals surface area contributed by atoms with Crippen molar-refractivity contribution in [1.29, 1.82) is 5.41 Å². The number of aromatic nitrogens is 3. The van der Waals surface area contributed by atoms with Gasteiger partial charge in [0.25, 0.3) is 0 Å². The molecule has 9 heteroatoms. The van der Waals surface area contributed by atoms with Crippen LogP contribution in [0.5, 0.6) is 0 Å². The Hall–Kier alpha value is -3.43. The van der Waals surface area contributed by atoms with Gasteiger partial charge < -0.3 is 16.0 Å². The molecular weight excluding hydrogens is 479 g/mol. The Labute approximate surface area is 224 Å². The minimum Gasteiger partial charge on any atom is -0.391 e. The molecule has 38 heavy (non-hydrogen) atoms. The molecule has 0 aromatic carbocycles. The molecule has 1 saturated heterocycles. The average Bonchev–Trinajstić information content (AvgIpc) is 2.85. The number of allylic oxidation sites excluding steroid dienone is 6. The van der Waals surface area contributed by atoms with E-state index in [0.29, 0.717) is 29.2 Å². The Kier molecular flexibility index (Phi) is 7.40. The molecule has 2 aromatic rings. The molecule has 0 spiro atoms. The summed E-state index contributed by atoms with van der Waals surface area (Å²) in [6, 6.07) is 5.30. The molecule has 1 fully saturated rings. The van der Waals surface area contributed by atoms with Crippen LogP contribution in [0.25, 0.3) is 5.57 Å². The molecule has 0 bridgehead atoms. The number of nitrogens with one attached hydrogen (secondary N) is 3. The fraction of sp³-hybridized carbons (Fsp3) is 0.448. The van der Waals surface area contributed by atoms with Crippen molar-refractivity contribution in [1.82, 2.24) is 30.1 Å². The quantitative estimate of drug-likeness (QED) is 0.505. The average molecular weight is 517 g/mol. The maximum Gasteiger partial charge on any atom is 0.229 e. The fourth-order valence-corrected chi connectivity index (χ4v) is 5.35. The van der Waals surface area contributed by atoms with Crippen molar-refractivity contribution >= 4 is 23.1 Å². The van der Waals surface area contributed by atoms with Gasteiger partial charge in [-0.1, -0.05) is 26.0 Å². The smallest absolute Gasteiger partial charge is 0.229 e. The lowest BCUT2D eigenvalue weighted by Crippen LogP contribution is -2.61. The largest absolute Gasteiger partial charge is 0.391 e. The third-order valence-electron chi connectivity index (χ3n) is 7.63. The SMILES string of the molecule is CN/C(=C1/C=C(c2nc(Nc3ccc4c(n3)CCN(C3CN(C(C)C)C3)C4)ncc2F)C=CC1=N)C(C)C. The van der Waals surface area contributed by atoms with Gasteiger partial charge in [0.05, 0.1) is 11.9 Å². The fourth-order valence-electron chi connectivity index (χ4n) is 5.35. The first-order valence-corrected chi connectivity index (χ1v) is 13.4. The van der Waals surface area contributed by atoms with E-state index in [1.807, 2.05) is 19.2 Å². The van der Waals surface area contributed by atoms with E-state index in [0.717, 1.165) is 49.6 Å². The predicted molar refractivity (Wildman–Crippen MR) is 150 cm³/mol. The maximum absolute atomic E-state index is 14.9. The van der Waals surface area contributed by atoms with Crippen LogP contribution in [0.4, 0.5) is 16.2 Å². The summed E-state index contributed by atoms with van der Waals surface area (Å²) in [5, 5.41) is 14.7. The molecule has 0 radical (unpaired) electrons. The number of anilines is 2. The van der Waals surface area contributed by atoms with Gasteiger partial charge in [0.2, 0.25) is 5.95 Å². The maximum atomic E-state index is 14.9. The van der Waals surface area contributed by atoms with Crippen molar-refractivity contribution in [3.63, 3.8) is 0 Å². The van der Waals surface area contributed by atoms with Gasteiger partial charge in [0.1, 0.15) is 11.5 Å². The summed E-state index contributed by atoms with van der Waals surface area (Å²) in [5.41, 5.74) is 5.17. The summed E-state index contributed by atoms with van der Waals surface area (Å²) in [4.78, 5) is 18.6. The summed E-state index contributed by atoms with van der Waals surface area (Å²) in [7, 11) is 1.84. The molecule has 8 nitrogen and oxygen atoms in total.